The molecule has 3 amide bonds. The summed E-state index contributed by atoms with van der Waals surface area (Å²) in [4.78, 5) is 53.9. The number of carbonyl (C=O) groups is 4. The Morgan fingerprint density at radius 2 is 1.24 bits per heavy atom. The number of hydrogen-bond acceptors (Lipinski definition) is 9. The number of benzene rings is 3. The van der Waals surface area contributed by atoms with Gasteiger partial charge in [-0.1, -0.05) is 23.2 Å². The monoisotopic (exact) mass is 1070 g/mol. The molecule has 0 fully saturated rings. The normalized spacial score (nSPS) is 13.1. The van der Waals surface area contributed by atoms with Gasteiger partial charge in [0.1, 0.15) is 35.2 Å². The van der Waals surface area contributed by atoms with Gasteiger partial charge in [-0.3, -0.25) is 9.59 Å². The molecular weight excluding hydrogens is 1040 g/mol. The van der Waals surface area contributed by atoms with Crippen molar-refractivity contribution < 1.29 is 44.0 Å². The van der Waals surface area contributed by atoms with Gasteiger partial charge < -0.3 is 40.7 Å². The number of phenols is 3. The average Bonchev–Trinajstić information content (AvgIpc) is 3.00. The average molecular weight is 1070 g/mol. The quantitative estimate of drug-likeness (QED) is 0.0906. The summed E-state index contributed by atoms with van der Waals surface area (Å²) in [6.07, 6.45) is -1.04. The van der Waals surface area contributed by atoms with Crippen LogP contribution in [0.4, 0.5) is 4.79 Å². The number of methoxy groups -OCH3 is 1. The van der Waals surface area contributed by atoms with E-state index in [0.29, 0.717) is 21.6 Å². The van der Waals surface area contributed by atoms with Gasteiger partial charge in [-0.2, -0.15) is 0 Å². The second kappa shape index (κ2) is 17.3. The van der Waals surface area contributed by atoms with Crippen molar-refractivity contribution >= 4 is 124 Å². The molecule has 0 spiro atoms. The van der Waals surface area contributed by atoms with E-state index in [1.807, 2.05) is 45.2 Å². The highest BCUT2D eigenvalue weighted by Gasteiger charge is 2.34. The third-order valence-electron chi connectivity index (χ3n) is 6.54. The molecular formula is C31H29Br2Cl2I2N3O9. The Morgan fingerprint density at radius 1 is 0.776 bits per heavy atom. The van der Waals surface area contributed by atoms with Gasteiger partial charge in [0.15, 0.2) is 5.75 Å². The number of nitrogens with one attached hydrogen (secondary N) is 3. The largest absolute Gasteiger partial charge is 0.506 e. The molecule has 3 aromatic carbocycles. The second-order valence-electron chi connectivity index (χ2n) is 11.4. The van der Waals surface area contributed by atoms with Crippen molar-refractivity contribution in [2.24, 2.45) is 0 Å². The molecule has 3 aromatic rings. The summed E-state index contributed by atoms with van der Waals surface area (Å²) < 4.78 is 11.7. The number of carbonyl (C=O) groups excluding carboxylic acids is 4. The number of amides is 3. The van der Waals surface area contributed by atoms with Crippen molar-refractivity contribution in [1.29, 1.82) is 0 Å². The molecule has 49 heavy (non-hydrogen) atoms. The van der Waals surface area contributed by atoms with Gasteiger partial charge in [0, 0.05) is 6.42 Å². The van der Waals surface area contributed by atoms with Crippen LogP contribution in [-0.4, -0.2) is 57.9 Å². The number of esters is 1. The Morgan fingerprint density at radius 3 is 1.73 bits per heavy atom. The summed E-state index contributed by atoms with van der Waals surface area (Å²) in [6, 6.07) is 4.11. The van der Waals surface area contributed by atoms with Crippen LogP contribution < -0.4 is 16.0 Å². The lowest BCUT2D eigenvalue weighted by atomic mass is 10.0. The van der Waals surface area contributed by atoms with Crippen LogP contribution in [-0.2, 0) is 30.3 Å². The first-order valence-corrected chi connectivity index (χ1v) is 18.4. The van der Waals surface area contributed by atoms with Crippen molar-refractivity contribution in [1.82, 2.24) is 16.0 Å². The highest BCUT2D eigenvalue weighted by Crippen LogP contribution is 2.36. The second-order valence-corrected chi connectivity index (χ2v) is 16.2. The van der Waals surface area contributed by atoms with Gasteiger partial charge in [-0.05, 0) is 151 Å². The predicted octanol–water partition coefficient (Wildman–Crippen LogP) is 7.17. The summed E-state index contributed by atoms with van der Waals surface area (Å²) in [6.45, 7) is 4.92. The first kappa shape index (κ1) is 41.2. The zero-order valence-corrected chi connectivity index (χ0v) is 35.0. The van der Waals surface area contributed by atoms with E-state index in [9.17, 15) is 34.5 Å². The van der Waals surface area contributed by atoms with Crippen molar-refractivity contribution in [3.63, 3.8) is 0 Å². The minimum Gasteiger partial charge on any atom is -0.506 e. The standard InChI is InChI=1S/C31H29Br2Cl2I2N3O9/c1-31(2,3)49-30(47)40-23(14-10-19(36)26(43)20(37)11-14)28(45)39-22(13-8-17(34)25(42)18(35)9-13)27(44)38-21(29(46)48-4)7-12-5-15(32)24(41)16(33)6-12/h5-6,8-11,21-23,41-43H,7H2,1-4H3,(H,38,44)(H,39,45)(H,40,47)/t21-,22+,23+/m0/s1. The lowest BCUT2D eigenvalue weighted by Gasteiger charge is -2.27. The number of halogens is 6. The Hall–Kier alpha value is -2.26. The smallest absolute Gasteiger partial charge is 0.408 e. The topological polar surface area (TPSA) is 184 Å². The fourth-order valence-electron chi connectivity index (χ4n) is 4.32. The SMILES string of the molecule is COC(=O)[C@H](Cc1cc(Br)c(O)c(Br)c1)NC(=O)[C@H](NC(=O)[C@H](NC(=O)OC(C)(C)C)c1cc(I)c(O)c(I)c1)c1cc(Cl)c(O)c(Cl)c1. The Balaban J connectivity index is 2.08. The molecule has 0 unspecified atom stereocenters. The molecule has 0 saturated carbocycles. The van der Waals surface area contributed by atoms with E-state index in [1.165, 1.54) is 24.3 Å². The molecule has 0 aliphatic heterocycles. The predicted molar refractivity (Wildman–Crippen MR) is 206 cm³/mol. The first-order chi connectivity index (χ1) is 22.7. The van der Waals surface area contributed by atoms with Gasteiger partial charge in [0.05, 0.1) is 33.2 Å². The van der Waals surface area contributed by atoms with Gasteiger partial charge in [-0.25, -0.2) is 9.59 Å². The van der Waals surface area contributed by atoms with E-state index in [1.54, 1.807) is 32.9 Å². The van der Waals surface area contributed by atoms with Crippen LogP contribution in [0, 0.1) is 7.14 Å². The molecule has 0 aromatic heterocycles. The van der Waals surface area contributed by atoms with Gasteiger partial charge in [-0.15, -0.1) is 0 Å². The number of rotatable bonds is 10. The maximum Gasteiger partial charge on any atom is 0.408 e. The van der Waals surface area contributed by atoms with Gasteiger partial charge in [0.2, 0.25) is 11.8 Å². The van der Waals surface area contributed by atoms with Crippen LogP contribution in [0.25, 0.3) is 0 Å². The Labute approximate surface area is 335 Å². The molecule has 0 bridgehead atoms. The van der Waals surface area contributed by atoms with Crippen LogP contribution in [0.2, 0.25) is 10.0 Å². The van der Waals surface area contributed by atoms with Crippen LogP contribution in [0.3, 0.4) is 0 Å². The summed E-state index contributed by atoms with van der Waals surface area (Å²) in [5, 5.41) is 37.9. The van der Waals surface area contributed by atoms with E-state index in [-0.39, 0.29) is 39.1 Å². The van der Waals surface area contributed by atoms with Crippen LogP contribution >= 0.6 is 100 Å². The van der Waals surface area contributed by atoms with Crippen molar-refractivity contribution in [3.8, 4) is 17.2 Å². The van der Waals surface area contributed by atoms with Gasteiger partial charge in [0.25, 0.3) is 0 Å². The number of phenolic OH excluding ortho intramolecular Hbond substituents is 3. The maximum absolute atomic E-state index is 14.1. The lowest BCUT2D eigenvalue weighted by molar-refractivity contribution is -0.145. The molecule has 0 aliphatic carbocycles. The lowest BCUT2D eigenvalue weighted by Crippen LogP contribution is -2.50. The third-order valence-corrected chi connectivity index (χ3v) is 9.97. The summed E-state index contributed by atoms with van der Waals surface area (Å²) in [7, 11) is 1.14. The summed E-state index contributed by atoms with van der Waals surface area (Å²) in [5.74, 6) is -3.20. The molecule has 6 N–H and O–H groups in total. The molecule has 0 aliphatic rings. The minimum absolute atomic E-state index is 0.0169. The zero-order chi connectivity index (χ0) is 37.0. The highest BCUT2D eigenvalue weighted by molar-refractivity contribution is 14.1. The Bertz CT molecular complexity index is 1720. The highest BCUT2D eigenvalue weighted by atomic mass is 127. The Kier molecular flexibility index (Phi) is 14.5. The minimum atomic E-state index is -1.60. The van der Waals surface area contributed by atoms with E-state index in [4.69, 9.17) is 32.7 Å². The van der Waals surface area contributed by atoms with E-state index < -0.39 is 53.4 Å². The number of aromatic hydroxyl groups is 3. The van der Waals surface area contributed by atoms with Crippen LogP contribution in [0.15, 0.2) is 45.3 Å². The molecule has 3 rings (SSSR count). The summed E-state index contributed by atoms with van der Waals surface area (Å²) in [5.41, 5.74) is -0.145. The number of ether oxygens (including phenoxy) is 2. The van der Waals surface area contributed by atoms with E-state index in [0.717, 1.165) is 7.11 Å². The molecule has 0 radical (unpaired) electrons. The van der Waals surface area contributed by atoms with Crippen LogP contribution in [0.1, 0.15) is 49.5 Å². The molecule has 0 saturated heterocycles. The van der Waals surface area contributed by atoms with Crippen molar-refractivity contribution in [2.45, 2.75) is 50.9 Å². The molecule has 18 heteroatoms. The molecule has 3 atom stereocenters. The fraction of sp³-hybridized carbons (Fsp3) is 0.290. The van der Waals surface area contributed by atoms with Crippen molar-refractivity contribution in [2.75, 3.05) is 7.11 Å². The zero-order valence-electron chi connectivity index (χ0n) is 26.0. The maximum atomic E-state index is 14.1. The molecule has 264 valence electrons. The van der Waals surface area contributed by atoms with E-state index >= 15 is 0 Å². The molecule has 0 heterocycles. The third kappa shape index (κ3) is 11.1. The fourth-order valence-corrected chi connectivity index (χ4v) is 7.92. The van der Waals surface area contributed by atoms with Gasteiger partial charge >= 0.3 is 12.1 Å². The first-order valence-electron chi connectivity index (χ1n) is 13.9. The van der Waals surface area contributed by atoms with Crippen molar-refractivity contribution in [3.05, 3.63) is 79.2 Å². The number of hydrogen-bond donors (Lipinski definition) is 6. The summed E-state index contributed by atoms with van der Waals surface area (Å²) >= 11 is 22.6. The van der Waals surface area contributed by atoms with E-state index in [2.05, 4.69) is 47.8 Å². The van der Waals surface area contributed by atoms with Crippen LogP contribution in [0.5, 0.6) is 17.2 Å². The number of alkyl carbamates (subject to hydrolysis) is 1. The molecule has 12 nitrogen and oxygen atoms in total.